The van der Waals surface area contributed by atoms with Gasteiger partial charge in [-0.05, 0) is 135 Å². The highest BCUT2D eigenvalue weighted by atomic mass is 16.6. The molecule has 6 nitrogen and oxygen atoms in total. The Balaban J connectivity index is 4.36. The molecule has 0 saturated heterocycles. The molecule has 0 heterocycles. The summed E-state index contributed by atoms with van der Waals surface area (Å²) in [6, 6.07) is 0. The predicted molar refractivity (Wildman–Crippen MR) is 362 cm³/mol. The normalized spacial score (nSPS) is 12.9. The van der Waals surface area contributed by atoms with Crippen LogP contribution in [0.2, 0.25) is 0 Å². The molecule has 0 aromatic rings. The maximum Gasteiger partial charge on any atom is 0.306 e. The van der Waals surface area contributed by atoms with Crippen LogP contribution in [0.1, 0.15) is 329 Å². The van der Waals surface area contributed by atoms with Crippen LogP contribution in [0.25, 0.3) is 0 Å². The molecule has 83 heavy (non-hydrogen) atoms. The molecular weight excluding hydrogens is 1020 g/mol. The molecule has 1 unspecified atom stereocenters. The Morgan fingerprint density at radius 2 is 0.470 bits per heavy atom. The quantitative estimate of drug-likeness (QED) is 0.0261. The van der Waals surface area contributed by atoms with E-state index in [2.05, 4.69) is 142 Å². The van der Waals surface area contributed by atoms with Crippen molar-refractivity contribution in [3.63, 3.8) is 0 Å². The number of hydrogen-bond donors (Lipinski definition) is 0. The smallest absolute Gasteiger partial charge is 0.306 e. The van der Waals surface area contributed by atoms with Crippen LogP contribution in [-0.4, -0.2) is 37.2 Å². The lowest BCUT2D eigenvalue weighted by Gasteiger charge is -2.18. The van der Waals surface area contributed by atoms with E-state index >= 15 is 0 Å². The fourth-order valence-electron chi connectivity index (χ4n) is 9.68. The Bertz CT molecular complexity index is 1700. The molecule has 0 N–H and O–H groups in total. The second kappa shape index (κ2) is 70.3. The van der Waals surface area contributed by atoms with Crippen LogP contribution >= 0.6 is 0 Å². The van der Waals surface area contributed by atoms with E-state index in [1.807, 2.05) is 0 Å². The zero-order valence-electron chi connectivity index (χ0n) is 54.4. The molecule has 0 rings (SSSR count). The maximum absolute atomic E-state index is 13.0. The molecule has 0 aliphatic carbocycles. The van der Waals surface area contributed by atoms with Gasteiger partial charge in [-0.2, -0.15) is 0 Å². The van der Waals surface area contributed by atoms with Crippen molar-refractivity contribution in [2.24, 2.45) is 0 Å². The van der Waals surface area contributed by atoms with Crippen LogP contribution in [0.4, 0.5) is 0 Å². The monoisotopic (exact) mass is 1150 g/mol. The minimum absolute atomic E-state index is 0.0896. The van der Waals surface area contributed by atoms with Crippen LogP contribution in [0.5, 0.6) is 0 Å². The molecular formula is C77H130O6. The maximum atomic E-state index is 13.0. The van der Waals surface area contributed by atoms with E-state index in [0.29, 0.717) is 19.3 Å². The summed E-state index contributed by atoms with van der Waals surface area (Å²) in [5.74, 6) is -0.909. The summed E-state index contributed by atoms with van der Waals surface area (Å²) in [6.07, 6.45) is 97.9. The highest BCUT2D eigenvalue weighted by Crippen LogP contribution is 2.16. The molecule has 0 aromatic heterocycles. The molecule has 0 aliphatic heterocycles. The average molecular weight is 1150 g/mol. The van der Waals surface area contributed by atoms with E-state index < -0.39 is 6.10 Å². The Morgan fingerprint density at radius 1 is 0.253 bits per heavy atom. The summed E-state index contributed by atoms with van der Waals surface area (Å²) in [5, 5.41) is 0. The van der Waals surface area contributed by atoms with E-state index in [1.165, 1.54) is 154 Å². The zero-order chi connectivity index (χ0) is 59.9. The summed E-state index contributed by atoms with van der Waals surface area (Å²) >= 11 is 0. The van der Waals surface area contributed by atoms with Crippen molar-refractivity contribution in [1.82, 2.24) is 0 Å². The van der Waals surface area contributed by atoms with E-state index in [-0.39, 0.29) is 31.1 Å². The van der Waals surface area contributed by atoms with Crippen LogP contribution in [0, 0.1) is 0 Å². The number of allylic oxidation sites excluding steroid dienone is 20. The van der Waals surface area contributed by atoms with Gasteiger partial charge in [-0.1, -0.05) is 296 Å². The van der Waals surface area contributed by atoms with Crippen molar-refractivity contribution in [1.29, 1.82) is 0 Å². The third-order valence-corrected chi connectivity index (χ3v) is 14.9. The van der Waals surface area contributed by atoms with Crippen molar-refractivity contribution in [2.45, 2.75) is 335 Å². The van der Waals surface area contributed by atoms with E-state index in [0.717, 1.165) is 135 Å². The lowest BCUT2D eigenvalue weighted by Crippen LogP contribution is -2.30. The van der Waals surface area contributed by atoms with Gasteiger partial charge in [0.1, 0.15) is 13.2 Å². The topological polar surface area (TPSA) is 78.9 Å². The molecule has 0 amide bonds. The summed E-state index contributed by atoms with van der Waals surface area (Å²) in [5.41, 5.74) is 0. The van der Waals surface area contributed by atoms with Gasteiger partial charge < -0.3 is 14.2 Å². The van der Waals surface area contributed by atoms with Gasteiger partial charge in [0.15, 0.2) is 6.10 Å². The highest BCUT2D eigenvalue weighted by Gasteiger charge is 2.19. The van der Waals surface area contributed by atoms with Crippen LogP contribution < -0.4 is 0 Å². The molecule has 0 aromatic carbocycles. The van der Waals surface area contributed by atoms with Crippen LogP contribution in [0.15, 0.2) is 122 Å². The van der Waals surface area contributed by atoms with Crippen LogP contribution in [-0.2, 0) is 28.6 Å². The number of carbonyl (C=O) groups excluding carboxylic acids is 3. The molecule has 0 radical (unpaired) electrons. The van der Waals surface area contributed by atoms with E-state index in [4.69, 9.17) is 14.2 Å². The first-order chi connectivity index (χ1) is 41.0. The number of hydrogen-bond acceptors (Lipinski definition) is 6. The largest absolute Gasteiger partial charge is 0.462 e. The van der Waals surface area contributed by atoms with Gasteiger partial charge >= 0.3 is 17.9 Å². The van der Waals surface area contributed by atoms with Gasteiger partial charge in [-0.25, -0.2) is 0 Å². The van der Waals surface area contributed by atoms with Gasteiger partial charge in [-0.3, -0.25) is 14.4 Å². The van der Waals surface area contributed by atoms with Crippen molar-refractivity contribution >= 4 is 17.9 Å². The van der Waals surface area contributed by atoms with Crippen molar-refractivity contribution in [3.05, 3.63) is 122 Å². The third-order valence-electron chi connectivity index (χ3n) is 14.9. The van der Waals surface area contributed by atoms with Gasteiger partial charge in [0, 0.05) is 19.3 Å². The number of ether oxygens (including phenoxy) is 3. The minimum Gasteiger partial charge on any atom is -0.462 e. The molecule has 6 heteroatoms. The molecule has 474 valence electrons. The zero-order valence-corrected chi connectivity index (χ0v) is 54.4. The average Bonchev–Trinajstić information content (AvgIpc) is 3.49. The Hall–Kier alpha value is -4.19. The first kappa shape index (κ1) is 78.8. The molecule has 0 fully saturated rings. The standard InChI is InChI=1S/C77H130O6/c1-4-7-10-13-16-19-22-25-27-29-31-33-35-37-38-40-41-43-45-47-49-52-55-58-61-64-67-70-76(79)82-73-74(72-81-75(78)69-66-63-60-57-54-51-24-21-18-15-12-9-6-3)83-77(80)71-68-65-62-59-56-53-50-48-46-44-42-39-36-34-32-30-28-26-23-20-17-14-11-8-5-2/h7,10,16,19,21,23-27,30-33,37-38,41,43,47,49,74H,4-6,8-9,11-15,17-18,20,22,28-29,34-36,39-40,42,44-46,48,50-73H2,1-3H3/b10-7-,19-16-,24-21-,26-23-,27-25-,32-30-,33-31-,38-37-,43-41-,49-47-. The van der Waals surface area contributed by atoms with Gasteiger partial charge in [0.2, 0.25) is 0 Å². The number of unbranched alkanes of at least 4 members (excludes halogenated alkanes) is 32. The fourth-order valence-corrected chi connectivity index (χ4v) is 9.68. The number of rotatable bonds is 63. The van der Waals surface area contributed by atoms with Crippen molar-refractivity contribution in [3.8, 4) is 0 Å². The lowest BCUT2D eigenvalue weighted by molar-refractivity contribution is -0.167. The molecule has 0 bridgehead atoms. The van der Waals surface area contributed by atoms with Crippen LogP contribution in [0.3, 0.4) is 0 Å². The second-order valence-corrected chi connectivity index (χ2v) is 23.1. The lowest BCUT2D eigenvalue weighted by atomic mass is 10.0. The van der Waals surface area contributed by atoms with Gasteiger partial charge in [0.25, 0.3) is 0 Å². The Labute approximate surface area is 513 Å². The summed E-state index contributed by atoms with van der Waals surface area (Å²) in [6.45, 7) is 6.50. The summed E-state index contributed by atoms with van der Waals surface area (Å²) < 4.78 is 17.0. The third kappa shape index (κ3) is 68.5. The minimum atomic E-state index is -0.795. The summed E-state index contributed by atoms with van der Waals surface area (Å²) in [7, 11) is 0. The number of esters is 3. The van der Waals surface area contributed by atoms with Gasteiger partial charge in [-0.15, -0.1) is 0 Å². The SMILES string of the molecule is CC/C=C\C/C=C\C/C=C\C/C=C\C/C=C\C/C=C\C/C=C\CCCCCCCC(=O)OCC(COC(=O)CCCCCCC/C=C\CCCCCC)OC(=O)CCCCCCCCCCCCCCC/C=C\C/C=C\CCCCCCC. The predicted octanol–water partition coefficient (Wildman–Crippen LogP) is 24.3. The number of carbonyl (C=O) groups is 3. The Kier molecular flexibility index (Phi) is 66.7. The molecule has 0 spiro atoms. The first-order valence-corrected chi connectivity index (χ1v) is 35.0. The second-order valence-electron chi connectivity index (χ2n) is 23.1. The highest BCUT2D eigenvalue weighted by molar-refractivity contribution is 5.71. The molecule has 0 aliphatic rings. The van der Waals surface area contributed by atoms with E-state index in [1.54, 1.807) is 0 Å². The van der Waals surface area contributed by atoms with Gasteiger partial charge in [0.05, 0.1) is 0 Å². The first-order valence-electron chi connectivity index (χ1n) is 35.0. The van der Waals surface area contributed by atoms with Crippen molar-refractivity contribution in [2.75, 3.05) is 13.2 Å². The van der Waals surface area contributed by atoms with E-state index in [9.17, 15) is 14.4 Å². The fraction of sp³-hybridized carbons (Fsp3) is 0.701. The van der Waals surface area contributed by atoms with Crippen molar-refractivity contribution < 1.29 is 28.6 Å². The molecule has 1 atom stereocenters. The Morgan fingerprint density at radius 3 is 0.759 bits per heavy atom. The summed E-state index contributed by atoms with van der Waals surface area (Å²) in [4.78, 5) is 38.4. The molecule has 0 saturated carbocycles.